The quantitative estimate of drug-likeness (QED) is 0.191. The molecule has 3 N–H and O–H groups in total. The second-order valence-corrected chi connectivity index (χ2v) is 11.3. The van der Waals surface area contributed by atoms with Gasteiger partial charge in [-0.1, -0.05) is 29.8 Å². The van der Waals surface area contributed by atoms with Crippen molar-refractivity contribution in [3.05, 3.63) is 59.5 Å². The topological polar surface area (TPSA) is 127 Å². The van der Waals surface area contributed by atoms with E-state index in [0.717, 1.165) is 16.5 Å². The second-order valence-electron chi connectivity index (χ2n) is 10.6. The average molecular weight is 625 g/mol. The Morgan fingerprint density at radius 1 is 1.14 bits per heavy atom. The zero-order chi connectivity index (χ0) is 30.1. The van der Waals surface area contributed by atoms with E-state index >= 15 is 0 Å². The van der Waals surface area contributed by atoms with E-state index < -0.39 is 0 Å². The lowest BCUT2D eigenvalue weighted by Crippen LogP contribution is -2.40. The number of methoxy groups -OCH3 is 2. The molecule has 2 atom stereocenters. The first kappa shape index (κ1) is 29.0. The molecule has 1 aromatic carbocycles. The molecule has 11 nitrogen and oxygen atoms in total. The Hall–Kier alpha value is -4.06. The third-order valence-electron chi connectivity index (χ3n) is 7.84. The zero-order valence-electron chi connectivity index (χ0n) is 23.7. The Balaban J connectivity index is 1.38. The molecule has 0 bridgehead atoms. The summed E-state index contributed by atoms with van der Waals surface area (Å²) < 4.78 is 16.4. The van der Waals surface area contributed by atoms with E-state index in [1.165, 1.54) is 20.3 Å². The summed E-state index contributed by atoms with van der Waals surface area (Å²) in [6.07, 6.45) is 7.19. The summed E-state index contributed by atoms with van der Waals surface area (Å²) in [6.45, 7) is 6.19. The van der Waals surface area contributed by atoms with Gasteiger partial charge < -0.3 is 29.7 Å². The molecule has 2 aliphatic rings. The minimum absolute atomic E-state index is 0.00902. The van der Waals surface area contributed by atoms with Crippen molar-refractivity contribution >= 4 is 57.1 Å². The number of halogens is 2. The van der Waals surface area contributed by atoms with E-state index in [1.807, 2.05) is 18.3 Å². The van der Waals surface area contributed by atoms with Gasteiger partial charge in [0.05, 0.1) is 61.1 Å². The van der Waals surface area contributed by atoms with Crippen LogP contribution in [0.1, 0.15) is 6.42 Å². The number of ketones is 1. The van der Waals surface area contributed by atoms with E-state index in [4.69, 9.17) is 47.4 Å². The number of carbonyl (C=O) groups is 1. The largest absolute Gasteiger partial charge is 0.495 e. The van der Waals surface area contributed by atoms with Crippen molar-refractivity contribution in [2.24, 2.45) is 5.92 Å². The first-order valence-corrected chi connectivity index (χ1v) is 14.5. The van der Waals surface area contributed by atoms with Crippen LogP contribution in [0, 0.1) is 5.92 Å². The van der Waals surface area contributed by atoms with Crippen molar-refractivity contribution < 1.29 is 19.0 Å². The highest BCUT2D eigenvalue weighted by Crippen LogP contribution is 2.46. The molecule has 0 saturated carbocycles. The van der Waals surface area contributed by atoms with Gasteiger partial charge >= 0.3 is 0 Å². The number of aromatic amines is 1. The molecule has 0 unspecified atom stereocenters. The van der Waals surface area contributed by atoms with Gasteiger partial charge in [0.1, 0.15) is 23.1 Å². The van der Waals surface area contributed by atoms with E-state index in [2.05, 4.69) is 32.3 Å². The molecule has 43 heavy (non-hydrogen) atoms. The summed E-state index contributed by atoms with van der Waals surface area (Å²) in [5.41, 5.74) is 2.01. The molecule has 224 valence electrons. The van der Waals surface area contributed by atoms with Gasteiger partial charge in [0.2, 0.25) is 0 Å². The van der Waals surface area contributed by atoms with Crippen molar-refractivity contribution in [2.75, 3.05) is 56.1 Å². The van der Waals surface area contributed by atoms with Crippen molar-refractivity contribution in [2.45, 2.75) is 18.5 Å². The van der Waals surface area contributed by atoms with Gasteiger partial charge in [0.15, 0.2) is 5.78 Å². The van der Waals surface area contributed by atoms with Gasteiger partial charge in [0.25, 0.3) is 0 Å². The Kier molecular flexibility index (Phi) is 8.29. The summed E-state index contributed by atoms with van der Waals surface area (Å²) in [5.74, 6) is 2.22. The first-order chi connectivity index (χ1) is 20.9. The third kappa shape index (κ3) is 5.80. The van der Waals surface area contributed by atoms with Crippen LogP contribution in [0.5, 0.6) is 11.5 Å². The number of hydrogen-bond donors (Lipinski definition) is 3. The molecule has 2 fully saturated rings. The van der Waals surface area contributed by atoms with Crippen molar-refractivity contribution in [3.8, 4) is 22.8 Å². The number of nitrogens with zero attached hydrogens (tertiary/aromatic N) is 4. The predicted molar refractivity (Wildman–Crippen MR) is 168 cm³/mol. The number of hydrogen-bond acceptors (Lipinski definition) is 10. The van der Waals surface area contributed by atoms with Crippen molar-refractivity contribution in [1.29, 1.82) is 0 Å². The highest BCUT2D eigenvalue weighted by Gasteiger charge is 2.34. The molecule has 2 saturated heterocycles. The molecule has 3 aromatic heterocycles. The SMILES string of the molecule is C=CC(=O)C[C@H]1CN(c2cn[nH]c2)C[C@H]1Nc1cc2c(NC3COC3)nc(-c3c(Cl)c(OC)cc(OC)c3Cl)cc2cn1. The molecular weight excluding hydrogens is 593 g/mol. The lowest BCUT2D eigenvalue weighted by Gasteiger charge is -2.28. The Labute approximate surface area is 258 Å². The summed E-state index contributed by atoms with van der Waals surface area (Å²) in [4.78, 5) is 24.3. The van der Waals surface area contributed by atoms with Crippen molar-refractivity contribution in [1.82, 2.24) is 20.2 Å². The van der Waals surface area contributed by atoms with Gasteiger partial charge in [-0.2, -0.15) is 5.10 Å². The summed E-state index contributed by atoms with van der Waals surface area (Å²) in [7, 11) is 3.07. The van der Waals surface area contributed by atoms with Crippen LogP contribution in [0.4, 0.5) is 17.3 Å². The van der Waals surface area contributed by atoms with Crippen LogP contribution in [0.3, 0.4) is 0 Å². The summed E-state index contributed by atoms with van der Waals surface area (Å²) >= 11 is 13.5. The molecule has 5 heterocycles. The predicted octanol–water partition coefficient (Wildman–Crippen LogP) is 5.22. The zero-order valence-corrected chi connectivity index (χ0v) is 25.2. The van der Waals surface area contributed by atoms with Crippen LogP contribution in [0.25, 0.3) is 22.0 Å². The highest BCUT2D eigenvalue weighted by atomic mass is 35.5. The van der Waals surface area contributed by atoms with Crippen LogP contribution >= 0.6 is 23.2 Å². The van der Waals surface area contributed by atoms with Crippen LogP contribution in [0.15, 0.2) is 49.4 Å². The number of rotatable bonds is 11. The number of H-pyrrole nitrogens is 1. The van der Waals surface area contributed by atoms with E-state index in [1.54, 1.807) is 18.5 Å². The van der Waals surface area contributed by atoms with Gasteiger partial charge in [-0.15, -0.1) is 0 Å². The molecule has 0 aliphatic carbocycles. The van der Waals surface area contributed by atoms with E-state index in [9.17, 15) is 4.79 Å². The summed E-state index contributed by atoms with van der Waals surface area (Å²) in [5, 5.41) is 16.4. The summed E-state index contributed by atoms with van der Waals surface area (Å²) in [6, 6.07) is 5.58. The highest BCUT2D eigenvalue weighted by molar-refractivity contribution is 6.41. The minimum Gasteiger partial charge on any atom is -0.495 e. The monoisotopic (exact) mass is 623 g/mol. The van der Waals surface area contributed by atoms with Gasteiger partial charge in [-0.3, -0.25) is 9.89 Å². The minimum atomic E-state index is -0.0331. The number of carbonyl (C=O) groups excluding carboxylic acids is 1. The van der Waals surface area contributed by atoms with Crippen LogP contribution < -0.4 is 25.0 Å². The van der Waals surface area contributed by atoms with Gasteiger partial charge in [0, 0.05) is 66.3 Å². The molecule has 13 heteroatoms. The molecule has 0 spiro atoms. The number of fused-ring (bicyclic) bond motifs is 1. The Morgan fingerprint density at radius 3 is 2.53 bits per heavy atom. The maximum atomic E-state index is 12.3. The number of nitrogens with one attached hydrogen (secondary N) is 3. The van der Waals surface area contributed by atoms with E-state index in [-0.39, 0.29) is 23.8 Å². The molecule has 4 aromatic rings. The normalized spacial score (nSPS) is 18.4. The maximum Gasteiger partial charge on any atom is 0.155 e. The number of ether oxygens (including phenoxy) is 3. The van der Waals surface area contributed by atoms with Gasteiger partial charge in [-0.05, 0) is 18.2 Å². The Morgan fingerprint density at radius 2 is 1.91 bits per heavy atom. The van der Waals surface area contributed by atoms with Crippen LogP contribution in [-0.4, -0.2) is 78.6 Å². The number of anilines is 3. The molecule has 6 rings (SSSR count). The standard InChI is InChI=1S/C30H31Cl2N7O4/c1-4-20(40)5-17-12-39(19-10-34-35-11-19)13-23(17)37-26-7-21-16(9-33-26)6-22(38-30(21)36-18-14-43-15-18)27-28(31)24(41-2)8-25(42-3)29(27)32/h4,6-11,17-18,23H,1,5,12-15H2,2-3H3,(H,33,37)(H,34,35)(H,36,38)/t17-,23+/m0/s1. The number of pyridine rings is 2. The fourth-order valence-corrected chi connectivity index (χ4v) is 6.18. The number of allylic oxidation sites excluding steroid dienone is 1. The first-order valence-electron chi connectivity index (χ1n) is 13.8. The lowest BCUT2D eigenvalue weighted by atomic mass is 9.97. The third-order valence-corrected chi connectivity index (χ3v) is 8.59. The second kappa shape index (κ2) is 12.3. The average Bonchev–Trinajstić information content (AvgIpc) is 3.66. The molecule has 2 aliphatic heterocycles. The van der Waals surface area contributed by atoms with Crippen molar-refractivity contribution in [3.63, 3.8) is 0 Å². The van der Waals surface area contributed by atoms with Crippen LogP contribution in [-0.2, 0) is 9.53 Å². The molecule has 0 radical (unpaired) electrons. The number of aromatic nitrogens is 4. The van der Waals surface area contributed by atoms with Gasteiger partial charge in [-0.25, -0.2) is 9.97 Å². The lowest BCUT2D eigenvalue weighted by molar-refractivity contribution is -0.115. The van der Waals surface area contributed by atoms with Crippen LogP contribution in [0.2, 0.25) is 10.0 Å². The smallest absolute Gasteiger partial charge is 0.155 e. The van der Waals surface area contributed by atoms with E-state index in [0.29, 0.717) is 77.2 Å². The maximum absolute atomic E-state index is 12.3. The fourth-order valence-electron chi connectivity index (χ4n) is 5.49. The Bertz CT molecular complexity index is 1630. The molecule has 0 amide bonds. The number of benzene rings is 1. The fraction of sp³-hybridized carbons (Fsp3) is 0.333. The molecular formula is C30H31Cl2N7O4.